The Morgan fingerprint density at radius 3 is 2.57 bits per heavy atom. The summed E-state index contributed by atoms with van der Waals surface area (Å²) in [7, 11) is 0. The van der Waals surface area contributed by atoms with Gasteiger partial charge in [0.25, 0.3) is 0 Å². The van der Waals surface area contributed by atoms with Gasteiger partial charge in [-0.25, -0.2) is 0 Å². The highest BCUT2D eigenvalue weighted by molar-refractivity contribution is 9.10. The molecule has 1 aromatic carbocycles. The second kappa shape index (κ2) is 4.84. The summed E-state index contributed by atoms with van der Waals surface area (Å²) in [5, 5.41) is 0.772. The van der Waals surface area contributed by atoms with Crippen molar-refractivity contribution in [2.24, 2.45) is 11.7 Å². The molecule has 1 aliphatic rings. The van der Waals surface area contributed by atoms with Crippen molar-refractivity contribution in [3.8, 4) is 0 Å². The molecule has 0 bridgehead atoms. The van der Waals surface area contributed by atoms with Crippen LogP contribution in [0.1, 0.15) is 24.4 Å². The molecule has 0 radical (unpaired) electrons. The van der Waals surface area contributed by atoms with Crippen LogP contribution in [-0.4, -0.2) is 0 Å². The van der Waals surface area contributed by atoms with Gasteiger partial charge in [-0.3, -0.25) is 0 Å². The number of benzene rings is 1. The molecule has 4 heteroatoms. The lowest BCUT2D eigenvalue weighted by molar-refractivity contribution is 0.633. The standard InChI is InChI=1S/C10H11BrClN.ClH/c11-7-3-4-8(9(12)5-7)10(13)6-1-2-6;/h3-6,10H,1-2,13H2;1H/t10-;/m1./s1. The third kappa shape index (κ3) is 2.63. The molecule has 0 unspecified atom stereocenters. The lowest BCUT2D eigenvalue weighted by atomic mass is 10.0. The number of nitrogens with two attached hydrogens (primary N) is 1. The monoisotopic (exact) mass is 295 g/mol. The first-order chi connectivity index (χ1) is 6.18. The summed E-state index contributed by atoms with van der Waals surface area (Å²) in [6, 6.07) is 6.03. The van der Waals surface area contributed by atoms with Crippen molar-refractivity contribution in [1.29, 1.82) is 0 Å². The summed E-state index contributed by atoms with van der Waals surface area (Å²) in [5.74, 6) is 0.652. The molecule has 14 heavy (non-hydrogen) atoms. The molecule has 0 amide bonds. The summed E-state index contributed by atoms with van der Waals surface area (Å²) in [4.78, 5) is 0. The third-order valence-electron chi connectivity index (χ3n) is 2.45. The molecule has 0 heterocycles. The van der Waals surface area contributed by atoms with Crippen molar-refractivity contribution < 1.29 is 0 Å². The molecular weight excluding hydrogens is 285 g/mol. The molecular formula is C10H12BrCl2N. The van der Waals surface area contributed by atoms with Gasteiger partial charge in [0, 0.05) is 15.5 Å². The van der Waals surface area contributed by atoms with Crippen molar-refractivity contribution in [3.05, 3.63) is 33.3 Å². The smallest absolute Gasteiger partial charge is 0.0465 e. The number of hydrogen-bond acceptors (Lipinski definition) is 1. The molecule has 0 aliphatic heterocycles. The van der Waals surface area contributed by atoms with Crippen LogP contribution in [0, 0.1) is 5.92 Å². The number of rotatable bonds is 2. The second-order valence-electron chi connectivity index (χ2n) is 3.53. The van der Waals surface area contributed by atoms with Gasteiger partial charge in [0.2, 0.25) is 0 Å². The van der Waals surface area contributed by atoms with E-state index in [0.29, 0.717) is 5.92 Å². The maximum atomic E-state index is 6.09. The van der Waals surface area contributed by atoms with E-state index in [1.54, 1.807) is 0 Å². The zero-order chi connectivity index (χ0) is 9.42. The molecule has 2 rings (SSSR count). The van der Waals surface area contributed by atoms with Gasteiger partial charge in [0.15, 0.2) is 0 Å². The van der Waals surface area contributed by atoms with Crippen LogP contribution in [-0.2, 0) is 0 Å². The normalized spacial score (nSPS) is 17.4. The fourth-order valence-corrected chi connectivity index (χ4v) is 2.28. The van der Waals surface area contributed by atoms with Crippen molar-refractivity contribution in [3.63, 3.8) is 0 Å². The van der Waals surface area contributed by atoms with Crippen molar-refractivity contribution in [2.45, 2.75) is 18.9 Å². The first-order valence-electron chi connectivity index (χ1n) is 4.39. The van der Waals surface area contributed by atoms with E-state index in [9.17, 15) is 0 Å². The fraction of sp³-hybridized carbons (Fsp3) is 0.400. The van der Waals surface area contributed by atoms with Gasteiger partial charge in [0.05, 0.1) is 0 Å². The molecule has 0 saturated heterocycles. The van der Waals surface area contributed by atoms with Crippen LogP contribution in [0.4, 0.5) is 0 Å². The Balaban J connectivity index is 0.000000980. The van der Waals surface area contributed by atoms with Gasteiger partial charge in [-0.15, -0.1) is 12.4 Å². The first-order valence-corrected chi connectivity index (χ1v) is 5.56. The van der Waals surface area contributed by atoms with E-state index in [1.165, 1.54) is 12.8 Å². The minimum atomic E-state index is 0. The third-order valence-corrected chi connectivity index (χ3v) is 3.27. The van der Waals surface area contributed by atoms with Crippen LogP contribution in [0.5, 0.6) is 0 Å². The van der Waals surface area contributed by atoms with E-state index in [1.807, 2.05) is 18.2 Å². The zero-order valence-corrected chi connectivity index (χ0v) is 10.7. The molecule has 1 saturated carbocycles. The highest BCUT2D eigenvalue weighted by atomic mass is 79.9. The maximum Gasteiger partial charge on any atom is 0.0465 e. The Morgan fingerprint density at radius 2 is 2.07 bits per heavy atom. The van der Waals surface area contributed by atoms with Crippen molar-refractivity contribution >= 4 is 39.9 Å². The highest BCUT2D eigenvalue weighted by Gasteiger charge is 2.30. The van der Waals surface area contributed by atoms with Crippen LogP contribution >= 0.6 is 39.9 Å². The predicted molar refractivity (Wildman–Crippen MR) is 66.1 cm³/mol. The van der Waals surface area contributed by atoms with Crippen LogP contribution in [0.15, 0.2) is 22.7 Å². The second-order valence-corrected chi connectivity index (χ2v) is 4.85. The van der Waals surface area contributed by atoms with Crippen LogP contribution < -0.4 is 5.73 Å². The molecule has 0 aromatic heterocycles. The van der Waals surface area contributed by atoms with Crippen LogP contribution in [0.2, 0.25) is 5.02 Å². The van der Waals surface area contributed by atoms with E-state index in [4.69, 9.17) is 17.3 Å². The number of hydrogen-bond donors (Lipinski definition) is 1. The SMILES string of the molecule is Cl.N[C@@H](c1ccc(Br)cc1Cl)C1CC1. The summed E-state index contributed by atoms with van der Waals surface area (Å²) in [6.07, 6.45) is 2.49. The van der Waals surface area contributed by atoms with Crippen LogP contribution in [0.25, 0.3) is 0 Å². The summed E-state index contributed by atoms with van der Waals surface area (Å²) in [6.45, 7) is 0. The molecule has 1 atom stereocenters. The minimum Gasteiger partial charge on any atom is -0.324 e. The fourth-order valence-electron chi connectivity index (χ4n) is 1.48. The quantitative estimate of drug-likeness (QED) is 0.879. The van der Waals surface area contributed by atoms with E-state index < -0.39 is 0 Å². The first kappa shape index (κ1) is 12.3. The Hall–Kier alpha value is 0.240. The van der Waals surface area contributed by atoms with Crippen molar-refractivity contribution in [1.82, 2.24) is 0 Å². The highest BCUT2D eigenvalue weighted by Crippen LogP contribution is 2.41. The van der Waals surface area contributed by atoms with Crippen LogP contribution in [0.3, 0.4) is 0 Å². The van der Waals surface area contributed by atoms with Gasteiger partial charge in [0.1, 0.15) is 0 Å². The Morgan fingerprint density at radius 1 is 1.43 bits per heavy atom. The largest absolute Gasteiger partial charge is 0.324 e. The Kier molecular flexibility index (Phi) is 4.26. The summed E-state index contributed by atoms with van der Waals surface area (Å²) < 4.78 is 1.00. The Bertz CT molecular complexity index is 326. The lowest BCUT2D eigenvalue weighted by Gasteiger charge is -2.12. The van der Waals surface area contributed by atoms with Gasteiger partial charge < -0.3 is 5.73 Å². The summed E-state index contributed by atoms with van der Waals surface area (Å²) in [5.41, 5.74) is 7.13. The van der Waals surface area contributed by atoms with E-state index in [2.05, 4.69) is 15.9 Å². The molecule has 1 nitrogen and oxygen atoms in total. The van der Waals surface area contributed by atoms with Gasteiger partial charge in [-0.1, -0.05) is 33.6 Å². The lowest BCUT2D eigenvalue weighted by Crippen LogP contribution is -2.12. The van der Waals surface area contributed by atoms with E-state index in [-0.39, 0.29) is 18.4 Å². The minimum absolute atomic E-state index is 0. The predicted octanol–water partition coefficient (Wildman–Crippen LogP) is 3.93. The van der Waals surface area contributed by atoms with Gasteiger partial charge in [-0.2, -0.15) is 0 Å². The van der Waals surface area contributed by atoms with E-state index in [0.717, 1.165) is 15.1 Å². The van der Waals surface area contributed by atoms with Gasteiger partial charge >= 0.3 is 0 Å². The van der Waals surface area contributed by atoms with Crippen molar-refractivity contribution in [2.75, 3.05) is 0 Å². The molecule has 1 fully saturated rings. The molecule has 1 aromatic rings. The Labute approximate surface area is 104 Å². The number of halogens is 3. The average molecular weight is 297 g/mol. The summed E-state index contributed by atoms with van der Waals surface area (Å²) >= 11 is 9.46. The molecule has 2 N–H and O–H groups in total. The molecule has 0 spiro atoms. The topological polar surface area (TPSA) is 26.0 Å². The molecule has 78 valence electrons. The maximum absolute atomic E-state index is 6.09. The van der Waals surface area contributed by atoms with E-state index >= 15 is 0 Å². The van der Waals surface area contributed by atoms with Gasteiger partial charge in [-0.05, 0) is 36.5 Å². The average Bonchev–Trinajstić information content (AvgIpc) is 2.85. The zero-order valence-electron chi connectivity index (χ0n) is 7.54. The molecule has 1 aliphatic carbocycles.